The Morgan fingerprint density at radius 3 is 2.38 bits per heavy atom. The molecule has 0 saturated carbocycles. The number of hydrogen-bond acceptors (Lipinski definition) is 4. The molecule has 2 aromatic carbocycles. The van der Waals surface area contributed by atoms with Crippen LogP contribution in [0.4, 0.5) is 5.69 Å². The first-order valence-electron chi connectivity index (χ1n) is 6.70. The van der Waals surface area contributed by atoms with Crippen molar-refractivity contribution in [1.82, 2.24) is 0 Å². The van der Waals surface area contributed by atoms with E-state index >= 15 is 0 Å². The first-order valence-corrected chi connectivity index (χ1v) is 6.70. The molecule has 110 valence electrons. The van der Waals surface area contributed by atoms with E-state index in [9.17, 15) is 10.1 Å². The monoisotopic (exact) mass is 286 g/mol. The van der Waals surface area contributed by atoms with Crippen molar-refractivity contribution < 1.29 is 9.66 Å². The van der Waals surface area contributed by atoms with Gasteiger partial charge in [0.2, 0.25) is 0 Å². The van der Waals surface area contributed by atoms with Crippen LogP contribution in [0, 0.1) is 10.1 Å². The highest BCUT2D eigenvalue weighted by molar-refractivity contribution is 5.35. The third kappa shape index (κ3) is 4.29. The summed E-state index contributed by atoms with van der Waals surface area (Å²) in [6.45, 7) is 0. The summed E-state index contributed by atoms with van der Waals surface area (Å²) in [6.07, 6.45) is 1.29. The van der Waals surface area contributed by atoms with Crippen molar-refractivity contribution >= 4 is 5.69 Å². The van der Waals surface area contributed by atoms with Gasteiger partial charge in [-0.1, -0.05) is 24.3 Å². The molecule has 0 fully saturated rings. The molecule has 5 nitrogen and oxygen atoms in total. The van der Waals surface area contributed by atoms with Crippen LogP contribution < -0.4 is 10.5 Å². The molecule has 21 heavy (non-hydrogen) atoms. The van der Waals surface area contributed by atoms with Crippen LogP contribution >= 0.6 is 0 Å². The summed E-state index contributed by atoms with van der Waals surface area (Å²) in [5.41, 5.74) is 8.21. The van der Waals surface area contributed by atoms with Crippen LogP contribution in [0.25, 0.3) is 0 Å². The third-order valence-corrected chi connectivity index (χ3v) is 3.25. The highest BCUT2D eigenvalue weighted by atomic mass is 16.6. The molecule has 0 aliphatic heterocycles. The van der Waals surface area contributed by atoms with Crippen LogP contribution in [0.5, 0.6) is 5.75 Å². The molecule has 5 heteroatoms. The van der Waals surface area contributed by atoms with Crippen LogP contribution in [-0.2, 0) is 12.8 Å². The number of rotatable bonds is 6. The second-order valence-corrected chi connectivity index (χ2v) is 4.95. The van der Waals surface area contributed by atoms with Gasteiger partial charge in [0, 0.05) is 18.2 Å². The Balaban J connectivity index is 2.02. The lowest BCUT2D eigenvalue weighted by Gasteiger charge is -2.12. The zero-order chi connectivity index (χ0) is 15.2. The maximum absolute atomic E-state index is 10.8. The molecule has 0 amide bonds. The fraction of sp³-hybridized carbons (Fsp3) is 0.250. The fourth-order valence-electron chi connectivity index (χ4n) is 2.27. The summed E-state index contributed by atoms with van der Waals surface area (Å²) in [5.74, 6) is 0.801. The molecule has 1 unspecified atom stereocenters. The van der Waals surface area contributed by atoms with E-state index in [4.69, 9.17) is 10.5 Å². The van der Waals surface area contributed by atoms with Crippen molar-refractivity contribution in [2.75, 3.05) is 7.11 Å². The molecule has 0 radical (unpaired) electrons. The number of ether oxygens (including phenoxy) is 1. The summed E-state index contributed by atoms with van der Waals surface area (Å²) in [6, 6.07) is 14.3. The third-order valence-electron chi connectivity index (χ3n) is 3.25. The minimum atomic E-state index is -0.392. The van der Waals surface area contributed by atoms with Gasteiger partial charge in [0.1, 0.15) is 5.75 Å². The topological polar surface area (TPSA) is 78.4 Å². The Hall–Kier alpha value is -2.40. The van der Waals surface area contributed by atoms with Gasteiger partial charge in [-0.15, -0.1) is 0 Å². The lowest BCUT2D eigenvalue weighted by Crippen LogP contribution is -2.25. The van der Waals surface area contributed by atoms with Gasteiger partial charge in [0.05, 0.1) is 12.0 Å². The lowest BCUT2D eigenvalue weighted by molar-refractivity contribution is -0.384. The predicted molar refractivity (Wildman–Crippen MR) is 81.5 cm³/mol. The Bertz CT molecular complexity index is 628. The van der Waals surface area contributed by atoms with Crippen LogP contribution in [0.3, 0.4) is 0 Å². The highest BCUT2D eigenvalue weighted by Crippen LogP contribution is 2.17. The summed E-state index contributed by atoms with van der Waals surface area (Å²) >= 11 is 0. The quantitative estimate of drug-likeness (QED) is 0.654. The van der Waals surface area contributed by atoms with Gasteiger partial charge in [-0.05, 0) is 36.1 Å². The van der Waals surface area contributed by atoms with Crippen molar-refractivity contribution in [3.05, 3.63) is 69.8 Å². The van der Waals surface area contributed by atoms with Crippen LogP contribution in [-0.4, -0.2) is 18.1 Å². The average Bonchev–Trinajstić information content (AvgIpc) is 2.47. The summed E-state index contributed by atoms with van der Waals surface area (Å²) < 4.78 is 5.18. The van der Waals surface area contributed by atoms with Gasteiger partial charge < -0.3 is 10.5 Å². The molecule has 0 bridgehead atoms. The van der Waals surface area contributed by atoms with E-state index in [1.165, 1.54) is 6.07 Å². The van der Waals surface area contributed by atoms with Gasteiger partial charge in [-0.2, -0.15) is 0 Å². The largest absolute Gasteiger partial charge is 0.497 e. The molecule has 0 aliphatic rings. The number of nitro groups is 1. The van der Waals surface area contributed by atoms with Gasteiger partial charge in [0.15, 0.2) is 0 Å². The predicted octanol–water partition coefficient (Wildman–Crippen LogP) is 2.72. The molecular weight excluding hydrogens is 268 g/mol. The lowest BCUT2D eigenvalue weighted by atomic mass is 9.99. The first kappa shape index (κ1) is 15.0. The van der Waals surface area contributed by atoms with Crippen LogP contribution in [0.2, 0.25) is 0 Å². The molecule has 0 spiro atoms. The number of benzene rings is 2. The fourth-order valence-corrected chi connectivity index (χ4v) is 2.27. The molecular formula is C16H18N2O3. The van der Waals surface area contributed by atoms with Crippen LogP contribution in [0.1, 0.15) is 11.1 Å². The second-order valence-electron chi connectivity index (χ2n) is 4.95. The molecule has 2 aromatic rings. The number of nitrogens with two attached hydrogens (primary N) is 1. The van der Waals surface area contributed by atoms with E-state index in [2.05, 4.69) is 0 Å². The zero-order valence-corrected chi connectivity index (χ0v) is 11.9. The van der Waals surface area contributed by atoms with Crippen molar-refractivity contribution in [2.24, 2.45) is 5.73 Å². The van der Waals surface area contributed by atoms with Crippen LogP contribution in [0.15, 0.2) is 48.5 Å². The van der Waals surface area contributed by atoms with E-state index in [1.807, 2.05) is 30.3 Å². The molecule has 2 rings (SSSR count). The van der Waals surface area contributed by atoms with E-state index in [1.54, 1.807) is 19.2 Å². The highest BCUT2D eigenvalue weighted by Gasteiger charge is 2.10. The molecule has 2 N–H and O–H groups in total. The normalized spacial score (nSPS) is 11.9. The summed E-state index contributed by atoms with van der Waals surface area (Å²) in [7, 11) is 1.63. The number of methoxy groups -OCH3 is 1. The van der Waals surface area contributed by atoms with E-state index in [0.717, 1.165) is 16.9 Å². The Kier molecular flexibility index (Phi) is 4.90. The maximum atomic E-state index is 10.8. The number of hydrogen-bond donors (Lipinski definition) is 1. The average molecular weight is 286 g/mol. The molecule has 0 aromatic heterocycles. The maximum Gasteiger partial charge on any atom is 0.269 e. The Morgan fingerprint density at radius 2 is 1.76 bits per heavy atom. The van der Waals surface area contributed by atoms with Crippen molar-refractivity contribution in [1.29, 1.82) is 0 Å². The smallest absolute Gasteiger partial charge is 0.269 e. The molecule has 0 heterocycles. The molecule has 1 atom stereocenters. The number of nitro benzene ring substituents is 1. The standard InChI is InChI=1S/C16H18N2O3/c1-21-16-7-3-5-13(11-16)9-14(17)8-12-4-2-6-15(10-12)18(19)20/h2-7,10-11,14H,8-9,17H2,1H3. The summed E-state index contributed by atoms with van der Waals surface area (Å²) in [4.78, 5) is 10.4. The minimum absolute atomic E-state index is 0.0980. The SMILES string of the molecule is COc1cccc(CC(N)Cc2cccc([N+](=O)[O-])c2)c1. The van der Waals surface area contributed by atoms with Crippen molar-refractivity contribution in [3.8, 4) is 5.75 Å². The molecule has 0 aliphatic carbocycles. The van der Waals surface area contributed by atoms with Gasteiger partial charge in [0.25, 0.3) is 5.69 Å². The van der Waals surface area contributed by atoms with Gasteiger partial charge >= 0.3 is 0 Å². The van der Waals surface area contributed by atoms with Gasteiger partial charge in [-0.3, -0.25) is 10.1 Å². The second kappa shape index (κ2) is 6.85. The van der Waals surface area contributed by atoms with Gasteiger partial charge in [-0.25, -0.2) is 0 Å². The van der Waals surface area contributed by atoms with Crippen molar-refractivity contribution in [2.45, 2.75) is 18.9 Å². The zero-order valence-electron chi connectivity index (χ0n) is 11.9. The Labute approximate surface area is 123 Å². The van der Waals surface area contributed by atoms with E-state index in [0.29, 0.717) is 12.8 Å². The number of non-ortho nitro benzene ring substituents is 1. The Morgan fingerprint density at radius 1 is 1.14 bits per heavy atom. The molecule has 0 saturated heterocycles. The van der Waals surface area contributed by atoms with E-state index in [-0.39, 0.29) is 11.7 Å². The van der Waals surface area contributed by atoms with Crippen molar-refractivity contribution in [3.63, 3.8) is 0 Å². The number of nitrogens with zero attached hydrogens (tertiary/aromatic N) is 1. The minimum Gasteiger partial charge on any atom is -0.497 e. The van der Waals surface area contributed by atoms with E-state index < -0.39 is 4.92 Å². The first-order chi connectivity index (χ1) is 10.1. The summed E-state index contributed by atoms with van der Waals surface area (Å²) in [5, 5.41) is 10.8.